The second kappa shape index (κ2) is 4.75. The van der Waals surface area contributed by atoms with Crippen LogP contribution in [0, 0.1) is 0 Å². The van der Waals surface area contributed by atoms with Crippen molar-refractivity contribution in [3.05, 3.63) is 23.8 Å². The molecule has 0 aliphatic carbocycles. The van der Waals surface area contributed by atoms with E-state index in [2.05, 4.69) is 13.8 Å². The zero-order chi connectivity index (χ0) is 12.4. The topological polar surface area (TPSA) is 55.6 Å². The summed E-state index contributed by atoms with van der Waals surface area (Å²) in [6.45, 7) is 5.35. The van der Waals surface area contributed by atoms with Crippen molar-refractivity contribution in [1.82, 2.24) is 0 Å². The lowest BCUT2D eigenvalue weighted by atomic mass is 10.0. The highest BCUT2D eigenvalue weighted by atomic mass is 16.5. The Morgan fingerprint density at radius 1 is 1.47 bits per heavy atom. The molecule has 92 valence electrons. The lowest BCUT2D eigenvalue weighted by molar-refractivity contribution is -0.121. The number of anilines is 1. The van der Waals surface area contributed by atoms with Crippen molar-refractivity contribution in [3.8, 4) is 5.75 Å². The molecule has 0 spiro atoms. The number of ether oxygens (including phenoxy) is 1. The van der Waals surface area contributed by atoms with Gasteiger partial charge in [-0.25, -0.2) is 0 Å². The fraction of sp³-hybridized carbons (Fsp3) is 0.462. The Kier molecular flexibility index (Phi) is 3.33. The van der Waals surface area contributed by atoms with Crippen LogP contribution < -0.4 is 15.4 Å². The quantitative estimate of drug-likeness (QED) is 0.862. The van der Waals surface area contributed by atoms with Crippen LogP contribution in [-0.4, -0.2) is 25.6 Å². The molecule has 0 radical (unpaired) electrons. The second-order valence-corrected chi connectivity index (χ2v) is 4.50. The van der Waals surface area contributed by atoms with Crippen LogP contribution in [-0.2, 0) is 4.79 Å². The van der Waals surface area contributed by atoms with Crippen molar-refractivity contribution in [1.29, 1.82) is 0 Å². The SMILES string of the molecule is CC(C)c1ccc2c(c1)N(CCN)C(=O)CO2. The average molecular weight is 234 g/mol. The van der Waals surface area contributed by atoms with Gasteiger partial charge in [0.05, 0.1) is 5.69 Å². The summed E-state index contributed by atoms with van der Waals surface area (Å²) in [4.78, 5) is 13.5. The third kappa shape index (κ3) is 2.26. The molecule has 0 saturated carbocycles. The molecule has 1 aromatic rings. The minimum Gasteiger partial charge on any atom is -0.482 e. The molecule has 1 aliphatic rings. The van der Waals surface area contributed by atoms with E-state index in [9.17, 15) is 4.79 Å². The van der Waals surface area contributed by atoms with Crippen LogP contribution in [0.1, 0.15) is 25.3 Å². The number of amides is 1. The predicted molar refractivity (Wildman–Crippen MR) is 67.4 cm³/mol. The lowest BCUT2D eigenvalue weighted by Crippen LogP contribution is -2.41. The van der Waals surface area contributed by atoms with Crippen molar-refractivity contribution in [2.24, 2.45) is 5.73 Å². The minimum absolute atomic E-state index is 0.0242. The van der Waals surface area contributed by atoms with Gasteiger partial charge in [0.2, 0.25) is 0 Å². The van der Waals surface area contributed by atoms with E-state index in [0.29, 0.717) is 19.0 Å². The number of nitrogens with two attached hydrogens (primary N) is 1. The van der Waals surface area contributed by atoms with E-state index in [1.54, 1.807) is 4.90 Å². The molecule has 0 fully saturated rings. The molecule has 2 N–H and O–H groups in total. The van der Waals surface area contributed by atoms with Crippen molar-refractivity contribution in [2.45, 2.75) is 19.8 Å². The molecule has 0 aromatic heterocycles. The minimum atomic E-state index is -0.0242. The zero-order valence-electron chi connectivity index (χ0n) is 10.3. The highest BCUT2D eigenvalue weighted by molar-refractivity contribution is 5.97. The Hall–Kier alpha value is -1.55. The maximum atomic E-state index is 11.8. The summed E-state index contributed by atoms with van der Waals surface area (Å²) in [6.07, 6.45) is 0. The van der Waals surface area contributed by atoms with E-state index < -0.39 is 0 Å². The molecule has 1 aromatic carbocycles. The predicted octanol–water partition coefficient (Wildman–Crippen LogP) is 1.49. The molecular weight excluding hydrogens is 216 g/mol. The van der Waals surface area contributed by atoms with Crippen molar-refractivity contribution < 1.29 is 9.53 Å². The zero-order valence-corrected chi connectivity index (χ0v) is 10.3. The number of hydrogen-bond acceptors (Lipinski definition) is 3. The monoisotopic (exact) mass is 234 g/mol. The van der Waals surface area contributed by atoms with E-state index in [1.165, 1.54) is 5.56 Å². The smallest absolute Gasteiger partial charge is 0.265 e. The first kappa shape index (κ1) is 11.9. The molecule has 1 amide bonds. The van der Waals surface area contributed by atoms with E-state index in [1.807, 2.05) is 18.2 Å². The summed E-state index contributed by atoms with van der Waals surface area (Å²) in [6, 6.07) is 5.99. The first-order valence-corrected chi connectivity index (χ1v) is 5.90. The summed E-state index contributed by atoms with van der Waals surface area (Å²) in [5, 5.41) is 0. The van der Waals surface area contributed by atoms with Gasteiger partial charge in [-0.3, -0.25) is 4.79 Å². The van der Waals surface area contributed by atoms with Crippen molar-refractivity contribution in [3.63, 3.8) is 0 Å². The Balaban J connectivity index is 2.41. The number of benzene rings is 1. The first-order chi connectivity index (χ1) is 8.13. The van der Waals surface area contributed by atoms with Gasteiger partial charge in [0, 0.05) is 13.1 Å². The molecule has 2 rings (SSSR count). The largest absolute Gasteiger partial charge is 0.482 e. The number of fused-ring (bicyclic) bond motifs is 1. The summed E-state index contributed by atoms with van der Waals surface area (Å²) in [7, 11) is 0. The molecule has 0 saturated heterocycles. The summed E-state index contributed by atoms with van der Waals surface area (Å²) >= 11 is 0. The number of carbonyl (C=O) groups excluding carboxylic acids is 1. The highest BCUT2D eigenvalue weighted by Crippen LogP contribution is 2.34. The highest BCUT2D eigenvalue weighted by Gasteiger charge is 2.25. The van der Waals surface area contributed by atoms with Crippen LogP contribution in [0.4, 0.5) is 5.69 Å². The number of hydrogen-bond donors (Lipinski definition) is 1. The fourth-order valence-corrected chi connectivity index (χ4v) is 1.95. The molecule has 0 atom stereocenters. The van der Waals surface area contributed by atoms with Crippen LogP contribution in [0.3, 0.4) is 0 Å². The van der Waals surface area contributed by atoms with Crippen LogP contribution in [0.2, 0.25) is 0 Å². The van der Waals surface area contributed by atoms with E-state index >= 15 is 0 Å². The van der Waals surface area contributed by atoms with Gasteiger partial charge in [-0.1, -0.05) is 19.9 Å². The Labute approximate surface area is 101 Å². The van der Waals surface area contributed by atoms with Crippen LogP contribution in [0.25, 0.3) is 0 Å². The standard InChI is InChI=1S/C13H18N2O2/c1-9(2)10-3-4-12-11(7-10)15(6-5-14)13(16)8-17-12/h3-4,7,9H,5-6,8,14H2,1-2H3. The third-order valence-electron chi connectivity index (χ3n) is 2.95. The maximum absolute atomic E-state index is 11.8. The molecule has 0 unspecified atom stereocenters. The second-order valence-electron chi connectivity index (χ2n) is 4.50. The van der Waals surface area contributed by atoms with Crippen LogP contribution in [0.5, 0.6) is 5.75 Å². The van der Waals surface area contributed by atoms with Crippen LogP contribution in [0.15, 0.2) is 18.2 Å². The van der Waals surface area contributed by atoms with Gasteiger partial charge in [0.1, 0.15) is 5.75 Å². The number of rotatable bonds is 3. The first-order valence-electron chi connectivity index (χ1n) is 5.90. The normalized spacial score (nSPS) is 14.8. The van der Waals surface area contributed by atoms with Crippen molar-refractivity contribution >= 4 is 11.6 Å². The van der Waals surface area contributed by atoms with Gasteiger partial charge in [0.15, 0.2) is 6.61 Å². The van der Waals surface area contributed by atoms with Gasteiger partial charge in [0.25, 0.3) is 5.91 Å². The van der Waals surface area contributed by atoms with E-state index in [4.69, 9.17) is 10.5 Å². The molecule has 4 nitrogen and oxygen atoms in total. The molecule has 4 heteroatoms. The Morgan fingerprint density at radius 2 is 2.24 bits per heavy atom. The Bertz CT molecular complexity index is 429. The molecular formula is C13H18N2O2. The lowest BCUT2D eigenvalue weighted by Gasteiger charge is -2.29. The molecule has 17 heavy (non-hydrogen) atoms. The van der Waals surface area contributed by atoms with E-state index in [-0.39, 0.29) is 12.5 Å². The molecule has 1 aliphatic heterocycles. The number of nitrogens with zero attached hydrogens (tertiary/aromatic N) is 1. The van der Waals surface area contributed by atoms with Gasteiger partial charge in [-0.05, 0) is 23.6 Å². The van der Waals surface area contributed by atoms with Gasteiger partial charge in [-0.2, -0.15) is 0 Å². The summed E-state index contributed by atoms with van der Waals surface area (Å²) in [5.41, 5.74) is 7.59. The molecule has 1 heterocycles. The Morgan fingerprint density at radius 3 is 2.88 bits per heavy atom. The van der Waals surface area contributed by atoms with Gasteiger partial charge < -0.3 is 15.4 Å². The van der Waals surface area contributed by atoms with E-state index in [0.717, 1.165) is 11.4 Å². The average Bonchev–Trinajstić information content (AvgIpc) is 2.32. The summed E-state index contributed by atoms with van der Waals surface area (Å²) < 4.78 is 5.42. The van der Waals surface area contributed by atoms with Crippen molar-refractivity contribution in [2.75, 3.05) is 24.6 Å². The third-order valence-corrected chi connectivity index (χ3v) is 2.95. The summed E-state index contributed by atoms with van der Waals surface area (Å²) in [5.74, 6) is 1.17. The fourth-order valence-electron chi connectivity index (χ4n) is 1.95. The maximum Gasteiger partial charge on any atom is 0.265 e. The number of carbonyl (C=O) groups is 1. The molecule has 0 bridgehead atoms. The van der Waals surface area contributed by atoms with Gasteiger partial charge in [-0.15, -0.1) is 0 Å². The van der Waals surface area contributed by atoms with Crippen LogP contribution >= 0.6 is 0 Å². The van der Waals surface area contributed by atoms with Gasteiger partial charge >= 0.3 is 0 Å².